The molecule has 0 aromatic heterocycles. The smallest absolute Gasteiger partial charge is 0.415 e. The zero-order valence-electron chi connectivity index (χ0n) is 11.7. The summed E-state index contributed by atoms with van der Waals surface area (Å²) in [6.45, 7) is 0.154. The molecule has 0 saturated carbocycles. The third kappa shape index (κ3) is 2.83. The lowest BCUT2D eigenvalue weighted by Crippen LogP contribution is -2.41. The molecule has 0 radical (unpaired) electrons. The molecule has 0 N–H and O–H groups in total. The number of benzene rings is 2. The van der Waals surface area contributed by atoms with Gasteiger partial charge in [-0.05, 0) is 28.8 Å². The number of amides is 1. The molecular formula is C17H14ClNO3. The van der Waals surface area contributed by atoms with E-state index in [0.717, 1.165) is 11.1 Å². The number of carbonyl (C=O) groups is 2. The van der Waals surface area contributed by atoms with Gasteiger partial charge in [-0.1, -0.05) is 48.5 Å². The Balaban J connectivity index is 1.78. The molecule has 1 heterocycles. The number of ether oxygens (including phenoxy) is 1. The minimum absolute atomic E-state index is 0.154. The summed E-state index contributed by atoms with van der Waals surface area (Å²) in [7, 11) is 0. The lowest BCUT2D eigenvalue weighted by Gasteiger charge is -2.22. The van der Waals surface area contributed by atoms with Crippen LogP contribution in [0.1, 0.15) is 11.1 Å². The Labute approximate surface area is 133 Å². The number of anilines is 1. The van der Waals surface area contributed by atoms with Crippen LogP contribution in [0.3, 0.4) is 0 Å². The molecule has 1 aliphatic heterocycles. The fourth-order valence-corrected chi connectivity index (χ4v) is 2.76. The number of nitrogens with zero attached hydrogens (tertiary/aromatic N) is 1. The van der Waals surface area contributed by atoms with Crippen molar-refractivity contribution in [3.05, 3.63) is 65.7 Å². The molecule has 0 unspecified atom stereocenters. The van der Waals surface area contributed by atoms with Crippen molar-refractivity contribution in [3.63, 3.8) is 0 Å². The molecule has 3 rings (SSSR count). The summed E-state index contributed by atoms with van der Waals surface area (Å²) in [6, 6.07) is 16.0. The molecule has 0 saturated heterocycles. The Bertz CT molecular complexity index is 702. The highest BCUT2D eigenvalue weighted by Crippen LogP contribution is 2.33. The van der Waals surface area contributed by atoms with Gasteiger partial charge in [0.25, 0.3) is 0 Å². The number of hydrogen-bond donors (Lipinski definition) is 0. The molecule has 0 bridgehead atoms. The van der Waals surface area contributed by atoms with Gasteiger partial charge in [-0.25, -0.2) is 4.79 Å². The summed E-state index contributed by atoms with van der Waals surface area (Å²) < 4.78 is 5.33. The Morgan fingerprint density at radius 1 is 1.09 bits per heavy atom. The number of para-hydroxylation sites is 1. The largest absolute Gasteiger partial charge is 0.444 e. The van der Waals surface area contributed by atoms with Gasteiger partial charge in [0.1, 0.15) is 12.6 Å². The molecule has 1 atom stereocenters. The van der Waals surface area contributed by atoms with Crippen LogP contribution >= 0.6 is 11.6 Å². The van der Waals surface area contributed by atoms with Crippen LogP contribution in [0.4, 0.5) is 10.5 Å². The van der Waals surface area contributed by atoms with Crippen molar-refractivity contribution in [2.75, 3.05) is 4.90 Å². The fraction of sp³-hybridized carbons (Fsp3) is 0.176. The van der Waals surface area contributed by atoms with E-state index in [-0.39, 0.29) is 6.61 Å². The standard InChI is InChI=1S/C17H14ClNO3/c18-16(20)15-10-13-8-4-5-9-14(13)19(15)17(21)22-11-12-6-2-1-3-7-12/h1-9,15H,10-11H2/t15-/m0/s1. The third-order valence-corrected chi connectivity index (χ3v) is 3.89. The quantitative estimate of drug-likeness (QED) is 0.814. The summed E-state index contributed by atoms with van der Waals surface area (Å²) in [5.74, 6) is 0. The first-order valence-corrected chi connectivity index (χ1v) is 7.32. The maximum absolute atomic E-state index is 12.4. The number of rotatable bonds is 3. The van der Waals surface area contributed by atoms with Crippen molar-refractivity contribution in [1.82, 2.24) is 0 Å². The number of carbonyl (C=O) groups excluding carboxylic acids is 2. The second-order valence-corrected chi connectivity index (χ2v) is 5.44. The molecule has 5 heteroatoms. The van der Waals surface area contributed by atoms with E-state index in [4.69, 9.17) is 16.3 Å². The first kappa shape index (κ1) is 14.6. The Kier molecular flexibility index (Phi) is 4.11. The third-order valence-electron chi connectivity index (χ3n) is 3.64. The number of hydrogen-bond acceptors (Lipinski definition) is 3. The monoisotopic (exact) mass is 315 g/mol. The fourth-order valence-electron chi connectivity index (χ4n) is 2.58. The van der Waals surface area contributed by atoms with Crippen LogP contribution in [0.15, 0.2) is 54.6 Å². The van der Waals surface area contributed by atoms with Gasteiger partial charge in [0, 0.05) is 6.42 Å². The molecule has 0 spiro atoms. The van der Waals surface area contributed by atoms with E-state index >= 15 is 0 Å². The minimum atomic E-state index is -0.706. The Morgan fingerprint density at radius 2 is 1.77 bits per heavy atom. The van der Waals surface area contributed by atoms with Gasteiger partial charge in [0.15, 0.2) is 0 Å². The highest BCUT2D eigenvalue weighted by molar-refractivity contribution is 6.65. The van der Waals surface area contributed by atoms with Gasteiger partial charge in [0.2, 0.25) is 5.24 Å². The highest BCUT2D eigenvalue weighted by atomic mass is 35.5. The second-order valence-electron chi connectivity index (χ2n) is 5.06. The second kappa shape index (κ2) is 6.20. The van der Waals surface area contributed by atoms with Crippen molar-refractivity contribution in [3.8, 4) is 0 Å². The molecule has 2 aromatic carbocycles. The van der Waals surface area contributed by atoms with Gasteiger partial charge in [0.05, 0.1) is 5.69 Å². The zero-order chi connectivity index (χ0) is 15.5. The topological polar surface area (TPSA) is 46.6 Å². The van der Waals surface area contributed by atoms with Crippen LogP contribution in [0.5, 0.6) is 0 Å². The Morgan fingerprint density at radius 3 is 2.50 bits per heavy atom. The predicted octanol–water partition coefficient (Wildman–Crippen LogP) is 3.52. The molecule has 2 aromatic rings. The van der Waals surface area contributed by atoms with E-state index < -0.39 is 17.4 Å². The molecule has 112 valence electrons. The lowest BCUT2D eigenvalue weighted by molar-refractivity contribution is -0.112. The SMILES string of the molecule is O=C(Cl)[C@@H]1Cc2ccccc2N1C(=O)OCc1ccccc1. The van der Waals surface area contributed by atoms with Crippen molar-refractivity contribution >= 4 is 28.6 Å². The van der Waals surface area contributed by atoms with E-state index in [1.165, 1.54) is 4.90 Å². The number of fused-ring (bicyclic) bond motifs is 1. The van der Waals surface area contributed by atoms with E-state index in [0.29, 0.717) is 12.1 Å². The van der Waals surface area contributed by atoms with Gasteiger partial charge in [-0.15, -0.1) is 0 Å². The molecule has 1 aliphatic rings. The first-order chi connectivity index (χ1) is 10.7. The molecule has 1 amide bonds. The molecule has 4 nitrogen and oxygen atoms in total. The van der Waals surface area contributed by atoms with Crippen molar-refractivity contribution in [1.29, 1.82) is 0 Å². The van der Waals surface area contributed by atoms with Crippen LogP contribution in [-0.2, 0) is 22.6 Å². The van der Waals surface area contributed by atoms with Crippen molar-refractivity contribution < 1.29 is 14.3 Å². The molecule has 0 aliphatic carbocycles. The Hall–Kier alpha value is -2.33. The van der Waals surface area contributed by atoms with E-state index in [1.807, 2.05) is 48.5 Å². The molecular weight excluding hydrogens is 302 g/mol. The molecule has 0 fully saturated rings. The highest BCUT2D eigenvalue weighted by Gasteiger charge is 2.38. The minimum Gasteiger partial charge on any atom is -0.444 e. The van der Waals surface area contributed by atoms with Crippen molar-refractivity contribution in [2.24, 2.45) is 0 Å². The van der Waals surface area contributed by atoms with Crippen LogP contribution in [-0.4, -0.2) is 17.4 Å². The van der Waals surface area contributed by atoms with E-state index in [9.17, 15) is 9.59 Å². The first-order valence-electron chi connectivity index (χ1n) is 6.94. The van der Waals surface area contributed by atoms with Crippen molar-refractivity contribution in [2.45, 2.75) is 19.1 Å². The summed E-state index contributed by atoms with van der Waals surface area (Å²) in [5, 5.41) is -0.562. The normalized spacial score (nSPS) is 16.2. The predicted molar refractivity (Wildman–Crippen MR) is 83.9 cm³/mol. The number of halogens is 1. The van der Waals surface area contributed by atoms with E-state index in [1.54, 1.807) is 6.07 Å². The van der Waals surface area contributed by atoms with Gasteiger partial charge >= 0.3 is 6.09 Å². The van der Waals surface area contributed by atoms with Crippen LogP contribution in [0.2, 0.25) is 0 Å². The van der Waals surface area contributed by atoms with Crippen LogP contribution < -0.4 is 4.90 Å². The van der Waals surface area contributed by atoms with Gasteiger partial charge in [-0.2, -0.15) is 0 Å². The average molecular weight is 316 g/mol. The summed E-state index contributed by atoms with van der Waals surface area (Å²) in [5.41, 5.74) is 2.48. The average Bonchev–Trinajstić information content (AvgIpc) is 2.93. The summed E-state index contributed by atoms with van der Waals surface area (Å²) in [6.07, 6.45) is -0.147. The lowest BCUT2D eigenvalue weighted by atomic mass is 10.1. The van der Waals surface area contributed by atoms with Gasteiger partial charge in [-0.3, -0.25) is 9.69 Å². The van der Waals surface area contributed by atoms with Gasteiger partial charge < -0.3 is 4.74 Å². The van der Waals surface area contributed by atoms with E-state index in [2.05, 4.69) is 0 Å². The zero-order valence-corrected chi connectivity index (χ0v) is 12.5. The van der Waals surface area contributed by atoms with Crippen LogP contribution in [0, 0.1) is 0 Å². The maximum Gasteiger partial charge on any atom is 0.415 e. The van der Waals surface area contributed by atoms with Crippen LogP contribution in [0.25, 0.3) is 0 Å². The summed E-state index contributed by atoms with van der Waals surface area (Å²) >= 11 is 5.64. The maximum atomic E-state index is 12.4. The summed E-state index contributed by atoms with van der Waals surface area (Å²) in [4.78, 5) is 25.3. The molecule has 22 heavy (non-hydrogen) atoms.